The number of rotatable bonds is 3. The van der Waals surface area contributed by atoms with E-state index in [4.69, 9.17) is 4.99 Å². The van der Waals surface area contributed by atoms with Gasteiger partial charge in [-0.1, -0.05) is 76.6 Å². The standard InChI is InChI=1S/C26H22BrN3O/c1-29-17-16-28-23(18-8-4-2-5-9-18)22-24(19-12-14-20(27)15-13-19)30(26(31)25(22)29)21-10-6-3-7-11-21/h2-15,24H,16-17H2,1H3. The van der Waals surface area contributed by atoms with Crippen molar-refractivity contribution in [2.75, 3.05) is 25.0 Å². The molecule has 1 amide bonds. The number of para-hydroxylation sites is 1. The average Bonchev–Trinajstić information content (AvgIpc) is 2.99. The van der Waals surface area contributed by atoms with Crippen LogP contribution in [-0.2, 0) is 4.79 Å². The Balaban J connectivity index is 1.76. The molecule has 1 atom stereocenters. The van der Waals surface area contributed by atoms with Crippen molar-refractivity contribution in [1.29, 1.82) is 0 Å². The van der Waals surface area contributed by atoms with Crippen LogP contribution in [0.5, 0.6) is 0 Å². The highest BCUT2D eigenvalue weighted by molar-refractivity contribution is 9.10. The Kier molecular flexibility index (Phi) is 5.20. The van der Waals surface area contributed by atoms with Gasteiger partial charge in [-0.2, -0.15) is 0 Å². The minimum atomic E-state index is -0.252. The summed E-state index contributed by atoms with van der Waals surface area (Å²) >= 11 is 3.54. The van der Waals surface area contributed by atoms with Crippen LogP contribution in [0.1, 0.15) is 17.2 Å². The third kappa shape index (κ3) is 3.49. The molecule has 0 aliphatic carbocycles. The molecule has 2 aliphatic heterocycles. The number of hydrogen-bond acceptors (Lipinski definition) is 3. The van der Waals surface area contributed by atoms with Crippen LogP contribution in [0.2, 0.25) is 0 Å². The highest BCUT2D eigenvalue weighted by Crippen LogP contribution is 2.44. The molecule has 0 bridgehead atoms. The highest BCUT2D eigenvalue weighted by Gasteiger charge is 2.45. The van der Waals surface area contributed by atoms with Crippen molar-refractivity contribution in [2.24, 2.45) is 4.99 Å². The van der Waals surface area contributed by atoms with Crippen LogP contribution in [0.4, 0.5) is 5.69 Å². The van der Waals surface area contributed by atoms with E-state index in [-0.39, 0.29) is 11.9 Å². The molecule has 0 N–H and O–H groups in total. The zero-order valence-corrected chi connectivity index (χ0v) is 18.8. The lowest BCUT2D eigenvalue weighted by molar-refractivity contribution is -0.116. The molecule has 3 aromatic carbocycles. The predicted molar refractivity (Wildman–Crippen MR) is 128 cm³/mol. The van der Waals surface area contributed by atoms with Crippen LogP contribution in [0.25, 0.3) is 0 Å². The van der Waals surface area contributed by atoms with Gasteiger partial charge in [0.15, 0.2) is 0 Å². The lowest BCUT2D eigenvalue weighted by Crippen LogP contribution is -2.34. The minimum absolute atomic E-state index is 0.0159. The summed E-state index contributed by atoms with van der Waals surface area (Å²) in [6, 6.07) is 28.1. The summed E-state index contributed by atoms with van der Waals surface area (Å²) in [5, 5.41) is 0. The van der Waals surface area contributed by atoms with E-state index in [2.05, 4.69) is 45.1 Å². The van der Waals surface area contributed by atoms with E-state index < -0.39 is 0 Å². The monoisotopic (exact) mass is 471 g/mol. The summed E-state index contributed by atoms with van der Waals surface area (Å²) in [4.78, 5) is 22.8. The normalized spacial score (nSPS) is 18.7. The summed E-state index contributed by atoms with van der Waals surface area (Å²) in [6.07, 6.45) is 0. The maximum atomic E-state index is 13.9. The maximum Gasteiger partial charge on any atom is 0.275 e. The zero-order chi connectivity index (χ0) is 21.4. The number of halogens is 1. The van der Waals surface area contributed by atoms with Crippen LogP contribution in [0.3, 0.4) is 0 Å². The fraction of sp³-hybridized carbons (Fsp3) is 0.154. The first kappa shape index (κ1) is 19.8. The maximum absolute atomic E-state index is 13.9. The first-order valence-corrected chi connectivity index (χ1v) is 11.1. The number of carbonyl (C=O) groups is 1. The second kappa shape index (κ2) is 8.16. The van der Waals surface area contributed by atoms with Crippen molar-refractivity contribution in [2.45, 2.75) is 6.04 Å². The molecule has 1 unspecified atom stereocenters. The molecule has 0 radical (unpaired) electrons. The van der Waals surface area contributed by atoms with Crippen molar-refractivity contribution in [3.63, 3.8) is 0 Å². The van der Waals surface area contributed by atoms with Crippen molar-refractivity contribution in [3.05, 3.63) is 112 Å². The number of hydrogen-bond donors (Lipinski definition) is 0. The molecule has 0 fully saturated rings. The lowest BCUT2D eigenvalue weighted by Gasteiger charge is -2.28. The van der Waals surface area contributed by atoms with Gasteiger partial charge in [-0.15, -0.1) is 0 Å². The topological polar surface area (TPSA) is 35.9 Å². The predicted octanol–water partition coefficient (Wildman–Crippen LogP) is 5.23. The van der Waals surface area contributed by atoms with E-state index in [1.165, 1.54) is 0 Å². The third-order valence-electron chi connectivity index (χ3n) is 5.82. The van der Waals surface area contributed by atoms with E-state index in [0.29, 0.717) is 13.1 Å². The summed E-state index contributed by atoms with van der Waals surface area (Å²) in [7, 11) is 1.99. The van der Waals surface area contributed by atoms with Crippen molar-refractivity contribution in [1.82, 2.24) is 4.90 Å². The van der Waals surface area contributed by atoms with Crippen LogP contribution >= 0.6 is 15.9 Å². The Labute approximate surface area is 190 Å². The molecule has 2 heterocycles. The Hall–Kier alpha value is -3.18. The average molecular weight is 472 g/mol. The number of nitrogens with zero attached hydrogens (tertiary/aromatic N) is 3. The van der Waals surface area contributed by atoms with Crippen molar-refractivity contribution in [3.8, 4) is 0 Å². The van der Waals surface area contributed by atoms with Crippen molar-refractivity contribution >= 4 is 33.2 Å². The summed E-state index contributed by atoms with van der Waals surface area (Å²) in [6.45, 7) is 1.36. The van der Waals surface area contributed by atoms with Gasteiger partial charge in [0.25, 0.3) is 5.91 Å². The van der Waals surface area contributed by atoms with Crippen LogP contribution in [0.15, 0.2) is 106 Å². The van der Waals surface area contributed by atoms with E-state index >= 15 is 0 Å². The number of likely N-dealkylation sites (N-methyl/N-ethyl adjacent to an activating group) is 1. The fourth-order valence-electron chi connectivity index (χ4n) is 4.38. The SMILES string of the molecule is CN1CCN=C(c2ccccc2)C2=C1C(=O)N(c1ccccc1)C2c1ccc(Br)cc1. The summed E-state index contributed by atoms with van der Waals surface area (Å²) < 4.78 is 1.01. The van der Waals surface area contributed by atoms with E-state index in [1.54, 1.807) is 0 Å². The molecule has 154 valence electrons. The van der Waals surface area contributed by atoms with Gasteiger partial charge in [-0.25, -0.2) is 0 Å². The second-order valence-electron chi connectivity index (χ2n) is 7.74. The zero-order valence-electron chi connectivity index (χ0n) is 17.2. The molecule has 3 aromatic rings. The molecule has 2 aliphatic rings. The van der Waals surface area contributed by atoms with E-state index in [0.717, 1.165) is 38.3 Å². The molecular weight excluding hydrogens is 450 g/mol. The molecule has 5 rings (SSSR count). The van der Waals surface area contributed by atoms with Gasteiger partial charge in [0, 0.05) is 34.9 Å². The van der Waals surface area contributed by atoms with Crippen LogP contribution < -0.4 is 4.90 Å². The molecule has 0 saturated carbocycles. The van der Waals surface area contributed by atoms with E-state index in [1.807, 2.05) is 72.6 Å². The number of anilines is 1. The Bertz CT molecular complexity index is 1170. The number of aliphatic imine (C=N–C) groups is 1. The first-order valence-electron chi connectivity index (χ1n) is 10.3. The molecule has 5 heteroatoms. The smallest absolute Gasteiger partial charge is 0.275 e. The Morgan fingerprint density at radius 3 is 2.23 bits per heavy atom. The van der Waals surface area contributed by atoms with Gasteiger partial charge in [-0.3, -0.25) is 14.7 Å². The van der Waals surface area contributed by atoms with Crippen molar-refractivity contribution < 1.29 is 4.79 Å². The largest absolute Gasteiger partial charge is 0.368 e. The molecule has 0 spiro atoms. The van der Waals surface area contributed by atoms with Crippen LogP contribution in [0, 0.1) is 0 Å². The molecule has 4 nitrogen and oxygen atoms in total. The number of amides is 1. The quantitative estimate of drug-likeness (QED) is 0.524. The third-order valence-corrected chi connectivity index (χ3v) is 6.35. The summed E-state index contributed by atoms with van der Waals surface area (Å²) in [5.41, 5.74) is 5.59. The number of carbonyl (C=O) groups excluding carboxylic acids is 1. The summed E-state index contributed by atoms with van der Waals surface area (Å²) in [5.74, 6) is 0.0159. The van der Waals surface area contributed by atoms with E-state index in [9.17, 15) is 4.79 Å². The van der Waals surface area contributed by atoms with Gasteiger partial charge < -0.3 is 4.90 Å². The second-order valence-corrected chi connectivity index (χ2v) is 8.66. The van der Waals surface area contributed by atoms with Gasteiger partial charge in [0.05, 0.1) is 18.3 Å². The highest BCUT2D eigenvalue weighted by atomic mass is 79.9. The lowest BCUT2D eigenvalue weighted by atomic mass is 9.91. The van der Waals surface area contributed by atoms with Gasteiger partial charge in [0.2, 0.25) is 0 Å². The number of benzene rings is 3. The fourth-order valence-corrected chi connectivity index (χ4v) is 4.65. The van der Waals surface area contributed by atoms with Gasteiger partial charge in [-0.05, 0) is 29.8 Å². The van der Waals surface area contributed by atoms with Gasteiger partial charge in [0.1, 0.15) is 5.70 Å². The molecular formula is C26H22BrN3O. The Morgan fingerprint density at radius 2 is 1.55 bits per heavy atom. The van der Waals surface area contributed by atoms with Gasteiger partial charge >= 0.3 is 0 Å². The minimum Gasteiger partial charge on any atom is -0.368 e. The molecule has 0 saturated heterocycles. The Morgan fingerprint density at radius 1 is 0.903 bits per heavy atom. The molecule has 31 heavy (non-hydrogen) atoms. The first-order chi connectivity index (χ1) is 15.1. The van der Waals surface area contributed by atoms with Crippen LogP contribution in [-0.4, -0.2) is 36.7 Å². The molecule has 0 aromatic heterocycles.